The first-order valence-electron chi connectivity index (χ1n) is 29.1. The minimum Gasteiger partial charge on any atom is -0.497 e. The summed E-state index contributed by atoms with van der Waals surface area (Å²) in [6, 6.07) is 18.5. The summed E-state index contributed by atoms with van der Waals surface area (Å²) in [6.45, 7) is 0. The van der Waals surface area contributed by atoms with Crippen molar-refractivity contribution in [1.82, 2.24) is 5.32 Å². The normalized spacial score (nSPS) is 23.1. The third kappa shape index (κ3) is 1.78. The van der Waals surface area contributed by atoms with Crippen molar-refractivity contribution in [3.8, 4) is 11.5 Å². The van der Waals surface area contributed by atoms with E-state index in [4.69, 9.17) is 14.8 Å². The van der Waals surface area contributed by atoms with Crippen LogP contribution in [0.3, 0.4) is 0 Å². The Morgan fingerprint density at radius 3 is 0.747 bits per heavy atom. The molecule has 1 saturated heterocycles. The number of hydrogen-bond donors (Lipinski definition) is 1. The van der Waals surface area contributed by atoms with Gasteiger partial charge in [-0.15, -0.1) is 0 Å². The van der Waals surface area contributed by atoms with E-state index in [9.17, 15) is 0 Å². The SMILES string of the molecule is COc1ccc(OC)c([C@H]2N[C@H](c3ccccc3)C34c5c6c7c8c9c%10c(c%11c%12c3c3c5c5c%13c6c6c7c7c9c9c%14c%10c%10c%11c%11c%12c%12c3c3c5c5c%13c%13c6c6c7c9c7c9c%14c%10c%10c%11c%11c%12c3c3c5c5c%13c6c7c6c9c%10c%11c3c56)C824)c1. The Morgan fingerprint density at radius 1 is 0.266 bits per heavy atom. The van der Waals surface area contributed by atoms with Crippen LogP contribution < -0.4 is 14.8 Å². The van der Waals surface area contributed by atoms with Crippen LogP contribution >= 0.6 is 0 Å². The van der Waals surface area contributed by atoms with Crippen LogP contribution in [0.5, 0.6) is 11.5 Å². The van der Waals surface area contributed by atoms with Gasteiger partial charge >= 0.3 is 0 Å². The molecular formula is C76H17NO2. The molecule has 1 fully saturated rings. The molecule has 0 unspecified atom stereocenters. The summed E-state index contributed by atoms with van der Waals surface area (Å²) in [6.07, 6.45) is 0. The molecule has 30 aromatic rings. The average molecular weight is 976 g/mol. The lowest BCUT2D eigenvalue weighted by Gasteiger charge is -2.53. The quantitative estimate of drug-likeness (QED) is 0.178. The van der Waals surface area contributed by atoms with Gasteiger partial charge in [-0.25, -0.2) is 0 Å². The van der Waals surface area contributed by atoms with Crippen LogP contribution in [-0.2, 0) is 10.8 Å². The highest BCUT2D eigenvalue weighted by Gasteiger charge is 2.78. The van der Waals surface area contributed by atoms with Crippen molar-refractivity contribution in [1.29, 1.82) is 0 Å². The van der Waals surface area contributed by atoms with Gasteiger partial charge < -0.3 is 14.8 Å². The zero-order chi connectivity index (χ0) is 47.7. The van der Waals surface area contributed by atoms with Gasteiger partial charge in [0.05, 0.1) is 31.1 Å². The largest absolute Gasteiger partial charge is 0.497 e. The maximum Gasteiger partial charge on any atom is 0.123 e. The zero-order valence-electron chi connectivity index (χ0n) is 41.1. The molecular weight excluding hydrogens is 959 g/mol. The molecule has 5 aliphatic rings. The van der Waals surface area contributed by atoms with E-state index in [0.717, 1.165) is 11.5 Å². The van der Waals surface area contributed by atoms with Crippen LogP contribution in [0, 0.1) is 0 Å². The Kier molecular flexibility index (Phi) is 2.90. The van der Waals surface area contributed by atoms with Crippen LogP contribution in [0.1, 0.15) is 45.5 Å². The van der Waals surface area contributed by atoms with Crippen LogP contribution in [-0.4, -0.2) is 14.2 Å². The van der Waals surface area contributed by atoms with Gasteiger partial charge in [-0.1, -0.05) is 30.3 Å². The molecule has 0 aromatic heterocycles. The zero-order valence-corrected chi connectivity index (χ0v) is 41.1. The molecule has 30 aromatic carbocycles. The van der Waals surface area contributed by atoms with E-state index < -0.39 is 10.8 Å². The van der Waals surface area contributed by atoms with Crippen molar-refractivity contribution in [3.05, 3.63) is 81.9 Å². The molecule has 3 nitrogen and oxygen atoms in total. The van der Waals surface area contributed by atoms with E-state index in [1.165, 1.54) is 11.1 Å². The first kappa shape index (κ1) is 31.0. The number of hydrogen-bond acceptors (Lipinski definition) is 3. The second-order valence-electron chi connectivity index (χ2n) is 27.9. The van der Waals surface area contributed by atoms with Gasteiger partial charge in [0, 0.05) is 11.6 Å². The monoisotopic (exact) mass is 975 g/mol. The minimum absolute atomic E-state index is 0.0645. The summed E-state index contributed by atoms with van der Waals surface area (Å²) in [7, 11) is 3.77. The Labute approximate surface area is 433 Å². The van der Waals surface area contributed by atoms with Gasteiger partial charge in [0.2, 0.25) is 0 Å². The first-order valence-corrected chi connectivity index (χ1v) is 29.1. The molecule has 79 heavy (non-hydrogen) atoms. The van der Waals surface area contributed by atoms with Gasteiger partial charge in [0.15, 0.2) is 0 Å². The molecule has 0 amide bonds. The minimum atomic E-state index is -0.571. The smallest absolute Gasteiger partial charge is 0.123 e. The van der Waals surface area contributed by atoms with Crippen molar-refractivity contribution < 1.29 is 9.47 Å². The maximum atomic E-state index is 6.78. The fourth-order valence-electron chi connectivity index (χ4n) is 27.2. The van der Waals surface area contributed by atoms with E-state index in [0.29, 0.717) is 0 Å². The predicted molar refractivity (Wildman–Crippen MR) is 328 cm³/mol. The Morgan fingerprint density at radius 2 is 0.506 bits per heavy atom. The van der Waals surface area contributed by atoms with Crippen molar-refractivity contribution in [2.45, 2.75) is 22.9 Å². The van der Waals surface area contributed by atoms with Crippen LogP contribution in [0.25, 0.3) is 291 Å². The number of benzene rings is 20. The molecule has 1 heterocycles. The van der Waals surface area contributed by atoms with Gasteiger partial charge in [-0.05, 0) is 337 Å². The fraction of sp³-hybridized carbons (Fsp3) is 0.0789. The summed E-state index contributed by atoms with van der Waals surface area (Å²) in [5, 5.41) is 92.6. The van der Waals surface area contributed by atoms with E-state index in [-0.39, 0.29) is 12.1 Å². The average Bonchev–Trinajstić information content (AvgIpc) is 1.41. The van der Waals surface area contributed by atoms with Crippen molar-refractivity contribution in [2.75, 3.05) is 14.2 Å². The number of rotatable bonds is 4. The summed E-state index contributed by atoms with van der Waals surface area (Å²) in [5.74, 6) is 1.83. The number of methoxy groups -OCH3 is 2. The number of nitrogens with one attached hydrogen (secondary N) is 1. The fourth-order valence-corrected chi connectivity index (χ4v) is 27.2. The second-order valence-corrected chi connectivity index (χ2v) is 27.9. The van der Waals surface area contributed by atoms with Crippen molar-refractivity contribution in [3.63, 3.8) is 0 Å². The summed E-state index contributed by atoms with van der Waals surface area (Å²) in [4.78, 5) is 0. The van der Waals surface area contributed by atoms with Gasteiger partial charge in [-0.2, -0.15) is 0 Å². The van der Waals surface area contributed by atoms with E-state index in [1.54, 1.807) is 313 Å². The highest BCUT2D eigenvalue weighted by molar-refractivity contribution is 6.82. The van der Waals surface area contributed by atoms with Crippen molar-refractivity contribution >= 4 is 291 Å². The highest BCUT2D eigenvalue weighted by atomic mass is 16.5. The number of ether oxygens (including phenoxy) is 2. The van der Waals surface area contributed by atoms with E-state index in [1.807, 2.05) is 14.2 Å². The van der Waals surface area contributed by atoms with Crippen LogP contribution in [0.15, 0.2) is 48.5 Å². The standard InChI is InChI=1S/C76H17NO2/c1-78-12-8-9-14(79-2)13(10-12)74-76-71-65-55-45-35-27-19-16-15-17-21-23(19)31-37-29(21)39-33-25(17)26-18(15)22-24-20(16)28(27)36-42-32(24)38-30(22)40-34(26)44-43(33)53-47(39)57-51(37)59(49(55)41(31)35)67(71)63(57)69-61(53)62-54(44)48(40)58-52(38)60-50(42)56(46(36)45)66(65)72(76)68(60)64(58)70(62)75(69,76)73(77-74)11-6-4-3-5-7-11/h3-10,73-74,77H,1-2H3/t73-,74-,75?,76?/m1/s1. The molecule has 0 radical (unpaired) electrons. The molecule has 35 rings (SSSR count). The topological polar surface area (TPSA) is 30.5 Å². The molecule has 4 aliphatic carbocycles. The van der Waals surface area contributed by atoms with Crippen LogP contribution in [0.4, 0.5) is 0 Å². The molecule has 2 atom stereocenters. The molecule has 338 valence electrons. The lowest BCUT2D eigenvalue weighted by Crippen LogP contribution is -2.52. The molecule has 1 N–H and O–H groups in total. The second kappa shape index (κ2) is 7.38. The summed E-state index contributed by atoms with van der Waals surface area (Å²) >= 11 is 0. The molecule has 3 heteroatoms. The van der Waals surface area contributed by atoms with Crippen molar-refractivity contribution in [2.24, 2.45) is 0 Å². The summed E-state index contributed by atoms with van der Waals surface area (Å²) < 4.78 is 13.1. The molecule has 2 spiro atoms. The van der Waals surface area contributed by atoms with E-state index in [2.05, 4.69) is 48.5 Å². The first-order chi connectivity index (χ1) is 39.3. The lowest BCUT2D eigenvalue weighted by atomic mass is 9.45. The highest BCUT2D eigenvalue weighted by Crippen LogP contribution is 2.88. The van der Waals surface area contributed by atoms with Crippen LogP contribution in [0.2, 0.25) is 0 Å². The third-order valence-electron chi connectivity index (χ3n) is 27.5. The summed E-state index contributed by atoms with van der Waals surface area (Å²) in [5.41, 5.74) is 8.17. The van der Waals surface area contributed by atoms with E-state index >= 15 is 0 Å². The Bertz CT molecular complexity index is 7720. The lowest BCUT2D eigenvalue weighted by molar-refractivity contribution is 0.326. The van der Waals surface area contributed by atoms with Gasteiger partial charge in [-0.3, -0.25) is 0 Å². The Hall–Kier alpha value is -9.54. The van der Waals surface area contributed by atoms with Gasteiger partial charge in [0.1, 0.15) is 11.5 Å². The predicted octanol–water partition coefficient (Wildman–Crippen LogP) is 19.4. The van der Waals surface area contributed by atoms with Gasteiger partial charge in [0.25, 0.3) is 0 Å². The molecule has 1 aliphatic heterocycles. The third-order valence-corrected chi connectivity index (χ3v) is 27.5. The molecule has 0 saturated carbocycles. The maximum absolute atomic E-state index is 6.78. The molecule has 0 bridgehead atoms. The Balaban J connectivity index is 1.09.